The molecule has 8 nitrogen and oxygen atoms in total. The monoisotopic (exact) mass is 305 g/mol. The van der Waals surface area contributed by atoms with Crippen molar-refractivity contribution in [3.05, 3.63) is 29.2 Å². The minimum absolute atomic E-state index is 0.0232. The van der Waals surface area contributed by atoms with Crippen LogP contribution in [0.4, 0.5) is 0 Å². The van der Waals surface area contributed by atoms with Gasteiger partial charge in [-0.2, -0.15) is 10.1 Å². The predicted octanol–water partition coefficient (Wildman–Crippen LogP) is 1.23. The van der Waals surface area contributed by atoms with Crippen LogP contribution >= 0.6 is 0 Å². The van der Waals surface area contributed by atoms with E-state index in [2.05, 4.69) is 20.3 Å². The average Bonchev–Trinajstić information content (AvgIpc) is 3.13. The van der Waals surface area contributed by atoms with E-state index in [0.717, 1.165) is 25.1 Å². The van der Waals surface area contributed by atoms with Crippen molar-refractivity contribution in [3.63, 3.8) is 0 Å². The normalized spacial score (nSPS) is 18.6. The number of aryl methyl sites for hydroxylation is 2. The second kappa shape index (κ2) is 6.27. The highest BCUT2D eigenvalue weighted by Crippen LogP contribution is 2.17. The molecule has 0 bridgehead atoms. The number of hydrogen-bond acceptors (Lipinski definition) is 6. The second-order valence-electron chi connectivity index (χ2n) is 5.50. The molecule has 3 rings (SSSR count). The van der Waals surface area contributed by atoms with Crippen molar-refractivity contribution in [2.24, 2.45) is 0 Å². The molecule has 0 aliphatic carbocycles. The molecule has 1 amide bonds. The summed E-state index contributed by atoms with van der Waals surface area (Å²) in [6.45, 7) is 5.19. The molecule has 118 valence electrons. The van der Waals surface area contributed by atoms with Gasteiger partial charge in [0, 0.05) is 18.8 Å². The van der Waals surface area contributed by atoms with Gasteiger partial charge in [0.1, 0.15) is 12.3 Å². The summed E-state index contributed by atoms with van der Waals surface area (Å²) in [5.74, 6) is 0.989. The smallest absolute Gasteiger partial charge is 0.274 e. The summed E-state index contributed by atoms with van der Waals surface area (Å²) in [7, 11) is 0. The minimum atomic E-state index is -0.0636. The van der Waals surface area contributed by atoms with Crippen LogP contribution in [-0.2, 0) is 11.3 Å². The molecule has 1 N–H and O–H groups in total. The molecule has 1 aliphatic heterocycles. The standard InChI is InChI=1S/C14H19N5O3/c1-9-6-12(17-16-9)14(20)19-5-3-4-11(7-19)21-8-13-15-10(2)18-22-13/h6,11H,3-5,7-8H2,1-2H3,(H,16,17). The van der Waals surface area contributed by atoms with E-state index in [1.54, 1.807) is 17.9 Å². The van der Waals surface area contributed by atoms with Gasteiger partial charge in [-0.15, -0.1) is 0 Å². The first-order valence-electron chi connectivity index (χ1n) is 7.34. The van der Waals surface area contributed by atoms with Crippen molar-refractivity contribution in [1.29, 1.82) is 0 Å². The summed E-state index contributed by atoms with van der Waals surface area (Å²) in [6, 6.07) is 1.76. The number of hydrogen-bond donors (Lipinski definition) is 1. The van der Waals surface area contributed by atoms with Gasteiger partial charge in [-0.3, -0.25) is 9.89 Å². The van der Waals surface area contributed by atoms with E-state index in [1.165, 1.54) is 0 Å². The Morgan fingerprint density at radius 1 is 1.55 bits per heavy atom. The Morgan fingerprint density at radius 3 is 3.09 bits per heavy atom. The highest BCUT2D eigenvalue weighted by Gasteiger charge is 2.26. The molecular formula is C14H19N5O3. The lowest BCUT2D eigenvalue weighted by molar-refractivity contribution is -0.0155. The Bertz CT molecular complexity index is 650. The van der Waals surface area contributed by atoms with Crippen molar-refractivity contribution in [3.8, 4) is 0 Å². The third-order valence-electron chi connectivity index (χ3n) is 3.60. The largest absolute Gasteiger partial charge is 0.367 e. The molecule has 1 aliphatic rings. The molecule has 3 heterocycles. The van der Waals surface area contributed by atoms with E-state index in [-0.39, 0.29) is 18.6 Å². The number of aromatic amines is 1. The van der Waals surface area contributed by atoms with Crippen molar-refractivity contribution in [2.75, 3.05) is 13.1 Å². The molecule has 0 saturated carbocycles. The molecule has 2 aromatic rings. The maximum absolute atomic E-state index is 12.4. The van der Waals surface area contributed by atoms with Crippen molar-refractivity contribution < 1.29 is 14.1 Å². The molecule has 1 atom stereocenters. The van der Waals surface area contributed by atoms with Crippen LogP contribution in [0.15, 0.2) is 10.6 Å². The van der Waals surface area contributed by atoms with Gasteiger partial charge >= 0.3 is 0 Å². The quantitative estimate of drug-likeness (QED) is 0.912. The Balaban J connectivity index is 1.56. The first kappa shape index (κ1) is 14.7. The Hall–Kier alpha value is -2.22. The number of H-pyrrole nitrogens is 1. The first-order chi connectivity index (χ1) is 10.6. The number of piperidine rings is 1. The third kappa shape index (κ3) is 3.33. The van der Waals surface area contributed by atoms with E-state index in [9.17, 15) is 4.79 Å². The minimum Gasteiger partial charge on any atom is -0.367 e. The van der Waals surface area contributed by atoms with Crippen LogP contribution in [0.1, 0.15) is 40.7 Å². The Kier molecular flexibility index (Phi) is 4.19. The lowest BCUT2D eigenvalue weighted by Crippen LogP contribution is -2.43. The first-order valence-corrected chi connectivity index (χ1v) is 7.34. The van der Waals surface area contributed by atoms with E-state index >= 15 is 0 Å². The van der Waals surface area contributed by atoms with E-state index in [0.29, 0.717) is 24.0 Å². The second-order valence-corrected chi connectivity index (χ2v) is 5.50. The predicted molar refractivity (Wildman–Crippen MR) is 76.1 cm³/mol. The summed E-state index contributed by atoms with van der Waals surface area (Å²) in [5.41, 5.74) is 1.32. The van der Waals surface area contributed by atoms with Gasteiger partial charge in [0.05, 0.1) is 6.10 Å². The van der Waals surface area contributed by atoms with E-state index in [1.807, 2.05) is 6.92 Å². The topological polar surface area (TPSA) is 97.1 Å². The number of likely N-dealkylation sites (tertiary alicyclic amines) is 1. The maximum atomic E-state index is 12.4. The molecule has 2 aromatic heterocycles. The third-order valence-corrected chi connectivity index (χ3v) is 3.60. The summed E-state index contributed by atoms with van der Waals surface area (Å²) >= 11 is 0. The zero-order valence-electron chi connectivity index (χ0n) is 12.7. The van der Waals surface area contributed by atoms with Crippen molar-refractivity contribution >= 4 is 5.91 Å². The van der Waals surface area contributed by atoms with Gasteiger partial charge in [0.15, 0.2) is 5.82 Å². The molecule has 1 unspecified atom stereocenters. The number of amides is 1. The summed E-state index contributed by atoms with van der Waals surface area (Å²) in [4.78, 5) is 18.3. The van der Waals surface area contributed by atoms with Crippen molar-refractivity contribution in [1.82, 2.24) is 25.2 Å². The number of nitrogens with one attached hydrogen (secondary N) is 1. The average molecular weight is 305 g/mol. The summed E-state index contributed by atoms with van der Waals surface area (Å²) in [5, 5.41) is 10.5. The van der Waals surface area contributed by atoms with Gasteiger partial charge < -0.3 is 14.2 Å². The van der Waals surface area contributed by atoms with Gasteiger partial charge in [-0.1, -0.05) is 5.16 Å². The lowest BCUT2D eigenvalue weighted by Gasteiger charge is -2.31. The molecule has 1 fully saturated rings. The van der Waals surface area contributed by atoms with Crippen LogP contribution in [-0.4, -0.2) is 50.3 Å². The number of carbonyl (C=O) groups excluding carboxylic acids is 1. The lowest BCUT2D eigenvalue weighted by atomic mass is 10.1. The van der Waals surface area contributed by atoms with Crippen LogP contribution in [0, 0.1) is 13.8 Å². The molecule has 0 spiro atoms. The zero-order valence-corrected chi connectivity index (χ0v) is 12.7. The van der Waals surface area contributed by atoms with Crippen LogP contribution in [0.25, 0.3) is 0 Å². The number of carbonyl (C=O) groups is 1. The fourth-order valence-electron chi connectivity index (χ4n) is 2.54. The maximum Gasteiger partial charge on any atom is 0.274 e. The van der Waals surface area contributed by atoms with E-state index < -0.39 is 0 Å². The highest BCUT2D eigenvalue weighted by atomic mass is 16.5. The Labute approximate surface area is 127 Å². The summed E-state index contributed by atoms with van der Waals surface area (Å²) in [6.07, 6.45) is 1.80. The van der Waals surface area contributed by atoms with Gasteiger partial charge in [0.2, 0.25) is 0 Å². The van der Waals surface area contributed by atoms with Crippen molar-refractivity contribution in [2.45, 2.75) is 39.4 Å². The number of ether oxygens (including phenoxy) is 1. The van der Waals surface area contributed by atoms with Crippen LogP contribution in [0.3, 0.4) is 0 Å². The molecular weight excluding hydrogens is 286 g/mol. The molecule has 8 heteroatoms. The zero-order chi connectivity index (χ0) is 15.5. The number of aromatic nitrogens is 4. The van der Waals surface area contributed by atoms with Gasteiger partial charge in [-0.05, 0) is 32.8 Å². The highest BCUT2D eigenvalue weighted by molar-refractivity contribution is 5.92. The van der Waals surface area contributed by atoms with Crippen LogP contribution < -0.4 is 0 Å². The van der Waals surface area contributed by atoms with Gasteiger partial charge in [-0.25, -0.2) is 0 Å². The van der Waals surface area contributed by atoms with Crippen LogP contribution in [0.5, 0.6) is 0 Å². The number of rotatable bonds is 4. The fraction of sp³-hybridized carbons (Fsp3) is 0.571. The Morgan fingerprint density at radius 2 is 2.41 bits per heavy atom. The fourth-order valence-corrected chi connectivity index (χ4v) is 2.54. The molecule has 1 saturated heterocycles. The van der Waals surface area contributed by atoms with E-state index in [4.69, 9.17) is 9.26 Å². The van der Waals surface area contributed by atoms with Gasteiger partial charge in [0.25, 0.3) is 11.8 Å². The number of nitrogens with zero attached hydrogens (tertiary/aromatic N) is 4. The molecule has 22 heavy (non-hydrogen) atoms. The van der Waals surface area contributed by atoms with Crippen LogP contribution in [0.2, 0.25) is 0 Å². The molecule has 0 radical (unpaired) electrons. The SMILES string of the molecule is Cc1noc(COC2CCCN(C(=O)c3cc(C)[nH]n3)C2)n1. The molecule has 0 aromatic carbocycles. The summed E-state index contributed by atoms with van der Waals surface area (Å²) < 4.78 is 10.8.